The maximum absolute atomic E-state index is 4.40. The Balaban J connectivity index is 2.41. The Hall–Kier alpha value is -1.91. The van der Waals surface area contributed by atoms with Gasteiger partial charge in [-0.05, 0) is 19.4 Å². The van der Waals surface area contributed by atoms with E-state index in [1.165, 1.54) is 0 Å². The SMILES string of the molecule is CCCn1nccc1-c1nccnc1NCC. The summed E-state index contributed by atoms with van der Waals surface area (Å²) in [5.41, 5.74) is 1.87. The summed E-state index contributed by atoms with van der Waals surface area (Å²) in [6, 6.07) is 1.97. The van der Waals surface area contributed by atoms with E-state index in [-0.39, 0.29) is 0 Å². The lowest BCUT2D eigenvalue weighted by molar-refractivity contribution is 0.608. The van der Waals surface area contributed by atoms with Crippen molar-refractivity contribution in [2.24, 2.45) is 0 Å². The second-order valence-electron chi connectivity index (χ2n) is 3.72. The molecule has 5 nitrogen and oxygen atoms in total. The number of hydrogen-bond donors (Lipinski definition) is 1. The van der Waals surface area contributed by atoms with Crippen LogP contribution in [-0.4, -0.2) is 26.3 Å². The predicted octanol–water partition coefficient (Wildman–Crippen LogP) is 2.18. The van der Waals surface area contributed by atoms with E-state index in [0.717, 1.165) is 36.7 Å². The zero-order chi connectivity index (χ0) is 12.1. The molecule has 0 saturated carbocycles. The summed E-state index contributed by atoms with van der Waals surface area (Å²) in [5.74, 6) is 0.813. The molecule has 5 heteroatoms. The normalized spacial score (nSPS) is 10.5. The van der Waals surface area contributed by atoms with Crippen LogP contribution in [0.5, 0.6) is 0 Å². The Labute approximate surface area is 101 Å². The first kappa shape index (κ1) is 11.6. The molecule has 0 aliphatic rings. The van der Waals surface area contributed by atoms with Crippen molar-refractivity contribution in [2.45, 2.75) is 26.8 Å². The van der Waals surface area contributed by atoms with Crippen molar-refractivity contribution in [3.05, 3.63) is 24.7 Å². The van der Waals surface area contributed by atoms with Crippen molar-refractivity contribution in [3.8, 4) is 11.4 Å². The monoisotopic (exact) mass is 231 g/mol. The van der Waals surface area contributed by atoms with E-state index in [1.807, 2.05) is 17.7 Å². The van der Waals surface area contributed by atoms with Crippen LogP contribution >= 0.6 is 0 Å². The third-order valence-electron chi connectivity index (χ3n) is 2.44. The van der Waals surface area contributed by atoms with Gasteiger partial charge in [-0.15, -0.1) is 0 Å². The second kappa shape index (κ2) is 5.43. The fraction of sp³-hybridized carbons (Fsp3) is 0.417. The molecule has 0 aromatic carbocycles. The molecule has 2 aromatic heterocycles. The minimum atomic E-state index is 0.813. The third-order valence-corrected chi connectivity index (χ3v) is 2.44. The van der Waals surface area contributed by atoms with Crippen molar-refractivity contribution < 1.29 is 0 Å². The zero-order valence-electron chi connectivity index (χ0n) is 10.2. The zero-order valence-corrected chi connectivity index (χ0v) is 10.2. The van der Waals surface area contributed by atoms with Crippen LogP contribution in [0.4, 0.5) is 5.82 Å². The summed E-state index contributed by atoms with van der Waals surface area (Å²) in [6.07, 6.45) is 6.25. The minimum Gasteiger partial charge on any atom is -0.368 e. The molecule has 0 aliphatic carbocycles. The number of rotatable bonds is 5. The predicted molar refractivity (Wildman–Crippen MR) is 67.7 cm³/mol. The summed E-state index contributed by atoms with van der Waals surface area (Å²) < 4.78 is 1.96. The van der Waals surface area contributed by atoms with Gasteiger partial charge in [0.25, 0.3) is 0 Å². The number of anilines is 1. The Morgan fingerprint density at radius 3 is 2.76 bits per heavy atom. The number of nitrogens with zero attached hydrogens (tertiary/aromatic N) is 4. The van der Waals surface area contributed by atoms with Gasteiger partial charge in [-0.25, -0.2) is 9.97 Å². The lowest BCUT2D eigenvalue weighted by Gasteiger charge is -2.09. The van der Waals surface area contributed by atoms with Gasteiger partial charge in [0.2, 0.25) is 0 Å². The van der Waals surface area contributed by atoms with Gasteiger partial charge in [-0.3, -0.25) is 4.68 Å². The Morgan fingerprint density at radius 2 is 2.00 bits per heavy atom. The summed E-state index contributed by atoms with van der Waals surface area (Å²) in [5, 5.41) is 7.52. The quantitative estimate of drug-likeness (QED) is 0.857. The van der Waals surface area contributed by atoms with Gasteiger partial charge in [0.1, 0.15) is 5.69 Å². The fourth-order valence-corrected chi connectivity index (χ4v) is 1.75. The van der Waals surface area contributed by atoms with Crippen LogP contribution in [0.3, 0.4) is 0 Å². The summed E-state index contributed by atoms with van der Waals surface area (Å²) in [7, 11) is 0. The highest BCUT2D eigenvalue weighted by atomic mass is 15.3. The number of aromatic nitrogens is 4. The van der Waals surface area contributed by atoms with E-state index in [2.05, 4.69) is 27.3 Å². The van der Waals surface area contributed by atoms with Gasteiger partial charge in [-0.1, -0.05) is 6.92 Å². The molecule has 0 radical (unpaired) electrons. The molecular formula is C12H17N5. The molecule has 0 amide bonds. The molecule has 1 N–H and O–H groups in total. The van der Waals surface area contributed by atoms with Crippen LogP contribution in [0.1, 0.15) is 20.3 Å². The Kier molecular flexibility index (Phi) is 3.69. The molecule has 0 fully saturated rings. The third kappa shape index (κ3) is 2.43. The van der Waals surface area contributed by atoms with Gasteiger partial charge >= 0.3 is 0 Å². The number of hydrogen-bond acceptors (Lipinski definition) is 4. The maximum atomic E-state index is 4.40. The largest absolute Gasteiger partial charge is 0.368 e. The average Bonchev–Trinajstić information content (AvgIpc) is 2.79. The smallest absolute Gasteiger partial charge is 0.154 e. The Bertz CT molecular complexity index is 477. The van der Waals surface area contributed by atoms with Gasteiger partial charge in [0.05, 0.1) is 5.69 Å². The lowest BCUT2D eigenvalue weighted by Crippen LogP contribution is -2.06. The molecule has 2 aromatic rings. The summed E-state index contributed by atoms with van der Waals surface area (Å²) >= 11 is 0. The van der Waals surface area contributed by atoms with E-state index in [9.17, 15) is 0 Å². The highest BCUT2D eigenvalue weighted by molar-refractivity contribution is 5.68. The molecule has 0 bridgehead atoms. The van der Waals surface area contributed by atoms with Gasteiger partial charge < -0.3 is 5.32 Å². The molecule has 2 rings (SSSR count). The molecule has 17 heavy (non-hydrogen) atoms. The topological polar surface area (TPSA) is 55.6 Å². The highest BCUT2D eigenvalue weighted by Crippen LogP contribution is 2.23. The molecule has 0 unspecified atom stereocenters. The summed E-state index contributed by atoms with van der Waals surface area (Å²) in [4.78, 5) is 8.71. The van der Waals surface area contributed by atoms with E-state index < -0.39 is 0 Å². The molecule has 0 saturated heterocycles. The first-order valence-corrected chi connectivity index (χ1v) is 5.93. The molecule has 2 heterocycles. The molecule has 0 spiro atoms. The van der Waals surface area contributed by atoms with Gasteiger partial charge in [0, 0.05) is 31.7 Å². The van der Waals surface area contributed by atoms with Crippen LogP contribution in [0.2, 0.25) is 0 Å². The standard InChI is InChI=1S/C12H17N5/c1-3-9-17-10(5-6-16-17)11-12(13-4-2)15-8-7-14-11/h5-8H,3-4,9H2,1-2H3,(H,13,15). The molecule has 90 valence electrons. The van der Waals surface area contributed by atoms with Crippen LogP contribution in [-0.2, 0) is 6.54 Å². The second-order valence-corrected chi connectivity index (χ2v) is 3.72. The van der Waals surface area contributed by atoms with Gasteiger partial charge in [0.15, 0.2) is 5.82 Å². The Morgan fingerprint density at radius 1 is 1.18 bits per heavy atom. The lowest BCUT2D eigenvalue weighted by atomic mass is 10.3. The first-order chi connectivity index (χ1) is 8.36. The van der Waals surface area contributed by atoms with E-state index >= 15 is 0 Å². The number of aryl methyl sites for hydroxylation is 1. The highest BCUT2D eigenvalue weighted by Gasteiger charge is 2.11. The number of nitrogens with one attached hydrogen (secondary N) is 1. The van der Waals surface area contributed by atoms with Crippen molar-refractivity contribution in [1.82, 2.24) is 19.7 Å². The van der Waals surface area contributed by atoms with E-state index in [0.29, 0.717) is 0 Å². The van der Waals surface area contributed by atoms with Crippen LogP contribution in [0.25, 0.3) is 11.4 Å². The van der Waals surface area contributed by atoms with Crippen molar-refractivity contribution in [2.75, 3.05) is 11.9 Å². The van der Waals surface area contributed by atoms with Crippen molar-refractivity contribution in [1.29, 1.82) is 0 Å². The van der Waals surface area contributed by atoms with E-state index in [1.54, 1.807) is 18.6 Å². The maximum Gasteiger partial charge on any atom is 0.154 e. The van der Waals surface area contributed by atoms with Crippen molar-refractivity contribution >= 4 is 5.82 Å². The van der Waals surface area contributed by atoms with Crippen LogP contribution < -0.4 is 5.32 Å². The minimum absolute atomic E-state index is 0.813. The molecular weight excluding hydrogens is 214 g/mol. The van der Waals surface area contributed by atoms with Crippen LogP contribution in [0, 0.1) is 0 Å². The fourth-order valence-electron chi connectivity index (χ4n) is 1.75. The van der Waals surface area contributed by atoms with Gasteiger partial charge in [-0.2, -0.15) is 5.10 Å². The van der Waals surface area contributed by atoms with Crippen molar-refractivity contribution in [3.63, 3.8) is 0 Å². The average molecular weight is 231 g/mol. The molecule has 0 atom stereocenters. The van der Waals surface area contributed by atoms with E-state index in [4.69, 9.17) is 0 Å². The first-order valence-electron chi connectivity index (χ1n) is 5.93. The van der Waals surface area contributed by atoms with Crippen LogP contribution in [0.15, 0.2) is 24.7 Å². The molecule has 0 aliphatic heterocycles. The summed E-state index contributed by atoms with van der Waals surface area (Å²) in [6.45, 7) is 5.90.